The molecule has 0 spiro atoms. The molecule has 0 N–H and O–H groups in total. The van der Waals surface area contributed by atoms with E-state index in [2.05, 4.69) is 26.0 Å². The molecule has 4 aromatic rings. The summed E-state index contributed by atoms with van der Waals surface area (Å²) in [6.45, 7) is 4.55. The summed E-state index contributed by atoms with van der Waals surface area (Å²) in [5, 5.41) is 3.05. The largest absolute Gasteiger partial charge is 0.129 e. The normalized spacial score (nSPS) is 12.3. The van der Waals surface area contributed by atoms with Crippen LogP contribution in [-0.2, 0) is 12.8 Å². The molecule has 4 heterocycles. The SMILES string of the molecule is CCCCc1cc2c(s1)sc1c3cc(CCCC)sc3sc21. The van der Waals surface area contributed by atoms with Crippen LogP contribution in [0, 0.1) is 0 Å². The number of fused-ring (bicyclic) bond motifs is 5. The van der Waals surface area contributed by atoms with Gasteiger partial charge in [0, 0.05) is 20.5 Å². The van der Waals surface area contributed by atoms with Gasteiger partial charge in [-0.15, -0.1) is 45.3 Å². The molecule has 4 heteroatoms. The highest BCUT2D eigenvalue weighted by Crippen LogP contribution is 2.49. The van der Waals surface area contributed by atoms with Crippen LogP contribution in [-0.4, -0.2) is 0 Å². The lowest BCUT2D eigenvalue weighted by molar-refractivity contribution is 0.804. The van der Waals surface area contributed by atoms with Crippen LogP contribution < -0.4 is 0 Å². The predicted octanol–water partition coefficient (Wildman–Crippen LogP) is 8.08. The Morgan fingerprint density at radius 1 is 0.682 bits per heavy atom. The predicted molar refractivity (Wildman–Crippen MR) is 108 cm³/mol. The van der Waals surface area contributed by atoms with Gasteiger partial charge >= 0.3 is 0 Å². The van der Waals surface area contributed by atoms with Gasteiger partial charge in [-0.2, -0.15) is 0 Å². The lowest BCUT2D eigenvalue weighted by Crippen LogP contribution is -1.76. The Labute approximate surface area is 147 Å². The van der Waals surface area contributed by atoms with Crippen LogP contribution in [0.4, 0.5) is 0 Å². The number of rotatable bonds is 6. The molecule has 0 aliphatic rings. The third kappa shape index (κ3) is 2.54. The minimum absolute atomic E-state index is 1.25. The average molecular weight is 365 g/mol. The van der Waals surface area contributed by atoms with Crippen LogP contribution in [0.3, 0.4) is 0 Å². The monoisotopic (exact) mass is 364 g/mol. The van der Waals surface area contributed by atoms with Gasteiger partial charge in [-0.05, 0) is 37.8 Å². The van der Waals surface area contributed by atoms with Gasteiger partial charge in [0.25, 0.3) is 0 Å². The molecule has 22 heavy (non-hydrogen) atoms. The molecule has 0 aliphatic carbocycles. The summed E-state index contributed by atoms with van der Waals surface area (Å²) >= 11 is 8.10. The molecule has 0 fully saturated rings. The maximum absolute atomic E-state index is 2.46. The molecule has 0 bridgehead atoms. The fourth-order valence-electron chi connectivity index (χ4n) is 2.90. The van der Waals surface area contributed by atoms with Gasteiger partial charge in [0.2, 0.25) is 0 Å². The van der Waals surface area contributed by atoms with E-state index >= 15 is 0 Å². The van der Waals surface area contributed by atoms with Crippen molar-refractivity contribution in [2.45, 2.75) is 52.4 Å². The highest BCUT2D eigenvalue weighted by Gasteiger charge is 2.16. The van der Waals surface area contributed by atoms with E-state index in [4.69, 9.17) is 0 Å². The minimum atomic E-state index is 1.25. The van der Waals surface area contributed by atoms with Crippen molar-refractivity contribution in [2.75, 3.05) is 0 Å². The lowest BCUT2D eigenvalue weighted by Gasteiger charge is -1.92. The Bertz CT molecular complexity index is 839. The average Bonchev–Trinajstić information content (AvgIpc) is 3.21. The molecule has 0 saturated heterocycles. The molecule has 0 aromatic carbocycles. The number of unbranched alkanes of at least 4 members (excludes halogenated alkanes) is 2. The fourth-order valence-corrected chi connectivity index (χ4v) is 8.60. The van der Waals surface area contributed by atoms with Crippen LogP contribution in [0.15, 0.2) is 12.1 Å². The lowest BCUT2D eigenvalue weighted by atomic mass is 10.2. The topological polar surface area (TPSA) is 0 Å². The van der Waals surface area contributed by atoms with Gasteiger partial charge in [-0.1, -0.05) is 26.7 Å². The van der Waals surface area contributed by atoms with Crippen molar-refractivity contribution in [3.63, 3.8) is 0 Å². The summed E-state index contributed by atoms with van der Waals surface area (Å²) in [6.07, 6.45) is 7.72. The number of thiophene rings is 4. The van der Waals surface area contributed by atoms with Crippen LogP contribution >= 0.6 is 45.3 Å². The van der Waals surface area contributed by atoms with E-state index in [1.807, 2.05) is 45.3 Å². The second-order valence-electron chi connectivity index (χ2n) is 5.90. The first-order chi connectivity index (χ1) is 10.8. The zero-order valence-corrected chi connectivity index (χ0v) is 16.3. The highest BCUT2D eigenvalue weighted by atomic mass is 32.2. The van der Waals surface area contributed by atoms with Crippen molar-refractivity contribution in [1.29, 1.82) is 0 Å². The van der Waals surface area contributed by atoms with Gasteiger partial charge in [0.15, 0.2) is 0 Å². The van der Waals surface area contributed by atoms with Crippen LogP contribution in [0.5, 0.6) is 0 Å². The van der Waals surface area contributed by atoms with Gasteiger partial charge in [-0.3, -0.25) is 0 Å². The molecule has 0 unspecified atom stereocenters. The minimum Gasteiger partial charge on any atom is -0.129 e. The van der Waals surface area contributed by atoms with E-state index in [9.17, 15) is 0 Å². The van der Waals surface area contributed by atoms with Crippen molar-refractivity contribution in [2.24, 2.45) is 0 Å². The molecule has 4 rings (SSSR count). The zero-order valence-electron chi connectivity index (χ0n) is 13.0. The fraction of sp³-hybridized carbons (Fsp3) is 0.444. The van der Waals surface area contributed by atoms with Crippen LogP contribution in [0.2, 0.25) is 0 Å². The van der Waals surface area contributed by atoms with E-state index in [0.29, 0.717) is 0 Å². The zero-order chi connectivity index (χ0) is 15.1. The first kappa shape index (κ1) is 15.1. The quantitative estimate of drug-likeness (QED) is 0.324. The molecular weight excluding hydrogens is 344 g/mol. The molecule has 116 valence electrons. The maximum Gasteiger partial charge on any atom is 0.0889 e. The third-order valence-electron chi connectivity index (χ3n) is 4.14. The van der Waals surface area contributed by atoms with E-state index in [-0.39, 0.29) is 0 Å². The van der Waals surface area contributed by atoms with Crippen LogP contribution in [0.25, 0.3) is 28.2 Å². The summed E-state index contributed by atoms with van der Waals surface area (Å²) in [6, 6.07) is 4.93. The standard InChI is InChI=1S/C18H20S4/c1-3-5-7-11-9-13-15-16(21-17(13)19-11)14-10-12(8-6-4-2)20-18(14)22-15/h9-10H,3-8H2,1-2H3. The number of aryl methyl sites for hydroxylation is 2. The van der Waals surface area contributed by atoms with Gasteiger partial charge in [0.05, 0.1) is 17.4 Å². The van der Waals surface area contributed by atoms with Crippen molar-refractivity contribution in [3.8, 4) is 0 Å². The Morgan fingerprint density at radius 2 is 1.14 bits per heavy atom. The second-order valence-corrected chi connectivity index (χ2v) is 10.7. The Hall–Kier alpha value is -0.420. The number of hydrogen-bond acceptors (Lipinski definition) is 4. The third-order valence-corrected chi connectivity index (χ3v) is 9.31. The molecule has 0 radical (unpaired) electrons. The van der Waals surface area contributed by atoms with E-state index in [0.717, 1.165) is 0 Å². The molecule has 0 atom stereocenters. The van der Waals surface area contributed by atoms with Crippen molar-refractivity contribution in [3.05, 3.63) is 21.9 Å². The second kappa shape index (κ2) is 6.23. The van der Waals surface area contributed by atoms with E-state index in [1.54, 1.807) is 19.2 Å². The molecule has 0 amide bonds. The summed E-state index contributed by atoms with van der Waals surface area (Å²) in [4.78, 5) is 3.15. The Kier molecular flexibility index (Phi) is 4.29. The van der Waals surface area contributed by atoms with Crippen molar-refractivity contribution >= 4 is 73.5 Å². The molecule has 4 aromatic heterocycles. The Morgan fingerprint density at radius 3 is 1.55 bits per heavy atom. The van der Waals surface area contributed by atoms with Gasteiger partial charge in [0.1, 0.15) is 0 Å². The molecule has 0 nitrogen and oxygen atoms in total. The maximum atomic E-state index is 2.46. The smallest absolute Gasteiger partial charge is 0.0889 e. The summed E-state index contributed by atoms with van der Waals surface area (Å²) < 4.78 is 6.16. The highest BCUT2D eigenvalue weighted by molar-refractivity contribution is 7.49. The van der Waals surface area contributed by atoms with Crippen LogP contribution in [0.1, 0.15) is 49.3 Å². The summed E-state index contributed by atoms with van der Waals surface area (Å²) in [5.74, 6) is 0. The number of hydrogen-bond donors (Lipinski definition) is 0. The molecular formula is C18H20S4. The van der Waals surface area contributed by atoms with Gasteiger partial charge in [-0.25, -0.2) is 0 Å². The van der Waals surface area contributed by atoms with E-state index in [1.165, 1.54) is 57.3 Å². The molecule has 0 saturated carbocycles. The van der Waals surface area contributed by atoms with Crippen molar-refractivity contribution < 1.29 is 0 Å². The van der Waals surface area contributed by atoms with E-state index < -0.39 is 0 Å². The van der Waals surface area contributed by atoms with Crippen molar-refractivity contribution in [1.82, 2.24) is 0 Å². The summed E-state index contributed by atoms with van der Waals surface area (Å²) in [5.41, 5.74) is 0. The first-order valence-electron chi connectivity index (χ1n) is 8.16. The molecule has 0 aliphatic heterocycles. The summed E-state index contributed by atoms with van der Waals surface area (Å²) in [7, 11) is 0. The first-order valence-corrected chi connectivity index (χ1v) is 11.4. The van der Waals surface area contributed by atoms with Gasteiger partial charge < -0.3 is 0 Å². The Balaban J connectivity index is 1.76.